The van der Waals surface area contributed by atoms with Gasteiger partial charge in [-0.05, 0) is 43.5 Å². The molecule has 0 amide bonds. The molecule has 2 heterocycles. The third-order valence-corrected chi connectivity index (χ3v) is 5.86. The van der Waals surface area contributed by atoms with Gasteiger partial charge >= 0.3 is 0 Å². The number of pyridine rings is 1. The average Bonchev–Trinajstić information content (AvgIpc) is 3.13. The van der Waals surface area contributed by atoms with Crippen molar-refractivity contribution in [3.8, 4) is 0 Å². The molecule has 3 aromatic rings. The molecule has 4 rings (SSSR count). The predicted molar refractivity (Wildman–Crippen MR) is 115 cm³/mol. The van der Waals surface area contributed by atoms with Crippen LogP contribution in [0.4, 0.5) is 11.5 Å². The zero-order valence-electron chi connectivity index (χ0n) is 16.8. The highest BCUT2D eigenvalue weighted by Crippen LogP contribution is 2.35. The molecule has 2 aromatic heterocycles. The molecule has 1 aliphatic rings. The Hall–Kier alpha value is -3.15. The minimum absolute atomic E-state index is 0.0717. The van der Waals surface area contributed by atoms with Gasteiger partial charge in [0.2, 0.25) is 6.04 Å². The van der Waals surface area contributed by atoms with Crippen molar-refractivity contribution in [1.29, 1.82) is 0 Å². The lowest BCUT2D eigenvalue weighted by Gasteiger charge is -2.24. The summed E-state index contributed by atoms with van der Waals surface area (Å²) in [7, 11) is 0. The number of aromatic nitrogens is 3. The van der Waals surface area contributed by atoms with E-state index in [1.54, 1.807) is 24.4 Å². The van der Waals surface area contributed by atoms with E-state index in [9.17, 15) is 15.0 Å². The van der Waals surface area contributed by atoms with Crippen molar-refractivity contribution in [1.82, 2.24) is 14.8 Å². The number of aliphatic hydroxyl groups excluding tert-OH is 1. The van der Waals surface area contributed by atoms with Crippen molar-refractivity contribution >= 4 is 22.4 Å². The van der Waals surface area contributed by atoms with Crippen molar-refractivity contribution in [2.75, 3.05) is 11.9 Å². The van der Waals surface area contributed by atoms with Crippen LogP contribution in [0.25, 0.3) is 15.7 Å². The lowest BCUT2D eigenvalue weighted by atomic mass is 9.91. The Balaban J connectivity index is 1.78. The van der Waals surface area contributed by atoms with E-state index in [-0.39, 0.29) is 17.6 Å². The predicted octanol–water partition coefficient (Wildman–Crippen LogP) is 3.07. The van der Waals surface area contributed by atoms with E-state index in [0.29, 0.717) is 28.0 Å². The van der Waals surface area contributed by atoms with Gasteiger partial charge in [-0.25, -0.2) is 6.57 Å². The van der Waals surface area contributed by atoms with E-state index in [0.717, 1.165) is 25.7 Å². The van der Waals surface area contributed by atoms with Crippen molar-refractivity contribution in [3.05, 3.63) is 63.9 Å². The number of nitrogens with one attached hydrogen (secondary N) is 2. The summed E-state index contributed by atoms with van der Waals surface area (Å²) in [6.07, 6.45) is 5.35. The number of anilines is 2. The number of aliphatic hydroxyl groups is 2. The molecule has 4 N–H and O–H groups in total. The molecule has 1 fully saturated rings. The first-order valence-electron chi connectivity index (χ1n) is 10.1. The van der Waals surface area contributed by atoms with Gasteiger partial charge in [-0.2, -0.15) is 5.10 Å². The first-order valence-corrected chi connectivity index (χ1v) is 10.1. The third-order valence-electron chi connectivity index (χ3n) is 5.86. The zero-order chi connectivity index (χ0) is 21.3. The SMILES string of the molecule is [C-]#[N+][C@H]1CCCC[C@@H]1n1nc(Nc2cccc(C(C)(O)CO)c2)c2c(=O)[nH]ccc21. The summed E-state index contributed by atoms with van der Waals surface area (Å²) in [5.74, 6) is 0.405. The highest BCUT2D eigenvalue weighted by molar-refractivity contribution is 5.91. The fraction of sp³-hybridized carbons (Fsp3) is 0.409. The summed E-state index contributed by atoms with van der Waals surface area (Å²) in [6.45, 7) is 8.70. The van der Waals surface area contributed by atoms with Gasteiger partial charge in [0, 0.05) is 18.3 Å². The molecule has 156 valence electrons. The van der Waals surface area contributed by atoms with Gasteiger partial charge in [-0.1, -0.05) is 18.6 Å². The normalized spacial score (nSPS) is 21.1. The highest BCUT2D eigenvalue weighted by Gasteiger charge is 2.33. The fourth-order valence-corrected chi connectivity index (χ4v) is 4.13. The van der Waals surface area contributed by atoms with Gasteiger partial charge in [-0.15, -0.1) is 0 Å². The Kier molecular flexibility index (Phi) is 5.33. The maximum atomic E-state index is 12.6. The van der Waals surface area contributed by atoms with E-state index >= 15 is 0 Å². The van der Waals surface area contributed by atoms with Crippen LogP contribution in [0.15, 0.2) is 41.3 Å². The van der Waals surface area contributed by atoms with Crippen LogP contribution < -0.4 is 10.9 Å². The van der Waals surface area contributed by atoms with Crippen molar-refractivity contribution in [2.45, 2.75) is 50.3 Å². The van der Waals surface area contributed by atoms with Crippen LogP contribution in [0.2, 0.25) is 0 Å². The van der Waals surface area contributed by atoms with Gasteiger partial charge in [-0.3, -0.25) is 9.48 Å². The standard InChI is InChI=1S/C22H25N5O3/c1-22(30,13-28)14-6-5-7-15(12-14)25-20-19-18(10-11-24-21(19)29)27(26-20)17-9-4-3-8-16(17)23-2/h5-7,10-12,16-17,28,30H,3-4,8-9,13H2,1H3,(H,24,29)(H,25,26)/t16-,17-,22?/m0/s1. The Morgan fingerprint density at radius 3 is 2.93 bits per heavy atom. The highest BCUT2D eigenvalue weighted by atomic mass is 16.3. The van der Waals surface area contributed by atoms with E-state index in [1.807, 2.05) is 16.8 Å². The number of H-pyrrole nitrogens is 1. The van der Waals surface area contributed by atoms with Crippen molar-refractivity contribution in [2.24, 2.45) is 0 Å². The number of benzene rings is 1. The van der Waals surface area contributed by atoms with Crippen LogP contribution in [0.3, 0.4) is 0 Å². The van der Waals surface area contributed by atoms with Gasteiger partial charge in [0.05, 0.1) is 12.1 Å². The lowest BCUT2D eigenvalue weighted by molar-refractivity contribution is -0.00223. The number of fused-ring (bicyclic) bond motifs is 1. The quantitative estimate of drug-likeness (QED) is 0.486. The molecule has 3 atom stereocenters. The number of aromatic amines is 1. The minimum Gasteiger partial charge on any atom is -0.393 e. The summed E-state index contributed by atoms with van der Waals surface area (Å²) >= 11 is 0. The molecule has 8 nitrogen and oxygen atoms in total. The van der Waals surface area contributed by atoms with E-state index < -0.39 is 12.2 Å². The average molecular weight is 407 g/mol. The van der Waals surface area contributed by atoms with Crippen LogP contribution in [0.1, 0.15) is 44.2 Å². The summed E-state index contributed by atoms with van der Waals surface area (Å²) in [5.41, 5.74) is 0.256. The molecule has 1 unspecified atom stereocenters. The van der Waals surface area contributed by atoms with Gasteiger partial charge in [0.25, 0.3) is 5.56 Å². The van der Waals surface area contributed by atoms with Gasteiger partial charge in [0.1, 0.15) is 17.0 Å². The second kappa shape index (κ2) is 7.94. The Morgan fingerprint density at radius 1 is 1.37 bits per heavy atom. The van der Waals surface area contributed by atoms with Crippen LogP contribution in [-0.4, -0.2) is 37.6 Å². The molecular weight excluding hydrogens is 382 g/mol. The molecule has 1 aromatic carbocycles. The van der Waals surface area contributed by atoms with Crippen molar-refractivity contribution in [3.63, 3.8) is 0 Å². The van der Waals surface area contributed by atoms with Crippen LogP contribution in [0.5, 0.6) is 0 Å². The minimum atomic E-state index is -1.37. The molecule has 0 bridgehead atoms. The van der Waals surface area contributed by atoms with Crippen LogP contribution in [0, 0.1) is 6.57 Å². The Bertz CT molecular complexity index is 1160. The molecule has 8 heteroatoms. The largest absolute Gasteiger partial charge is 0.393 e. The summed E-state index contributed by atoms with van der Waals surface area (Å²) < 4.78 is 1.82. The third kappa shape index (κ3) is 3.58. The summed E-state index contributed by atoms with van der Waals surface area (Å²) in [6, 6.07) is 8.61. The topological polar surface area (TPSA) is 108 Å². The molecule has 0 radical (unpaired) electrons. The fourth-order valence-electron chi connectivity index (χ4n) is 4.13. The molecule has 0 spiro atoms. The Morgan fingerprint density at radius 2 is 2.17 bits per heavy atom. The Labute approximate surface area is 174 Å². The number of hydrogen-bond donors (Lipinski definition) is 4. The molecular formula is C22H25N5O3. The molecule has 30 heavy (non-hydrogen) atoms. The van der Waals surface area contributed by atoms with Crippen LogP contribution >= 0.6 is 0 Å². The maximum Gasteiger partial charge on any atom is 0.261 e. The molecule has 0 aliphatic heterocycles. The first-order chi connectivity index (χ1) is 14.4. The molecule has 1 saturated carbocycles. The maximum absolute atomic E-state index is 12.6. The second-order valence-corrected chi connectivity index (χ2v) is 8.05. The summed E-state index contributed by atoms with van der Waals surface area (Å²) in [5, 5.41) is 28.1. The van der Waals surface area contributed by atoms with E-state index in [1.165, 1.54) is 6.92 Å². The van der Waals surface area contributed by atoms with Gasteiger partial charge in [0.15, 0.2) is 5.82 Å². The lowest BCUT2D eigenvalue weighted by Crippen LogP contribution is -2.26. The van der Waals surface area contributed by atoms with Crippen LogP contribution in [-0.2, 0) is 5.60 Å². The zero-order valence-corrected chi connectivity index (χ0v) is 16.8. The first kappa shape index (κ1) is 20.1. The monoisotopic (exact) mass is 407 g/mol. The summed E-state index contributed by atoms with van der Waals surface area (Å²) in [4.78, 5) is 19.1. The second-order valence-electron chi connectivity index (χ2n) is 8.05. The number of hydrogen-bond acceptors (Lipinski definition) is 5. The van der Waals surface area contributed by atoms with Crippen molar-refractivity contribution < 1.29 is 10.2 Å². The molecule has 0 saturated heterocycles. The van der Waals surface area contributed by atoms with Gasteiger partial charge < -0.3 is 25.4 Å². The molecule has 1 aliphatic carbocycles. The van der Waals surface area contributed by atoms with E-state index in [2.05, 4.69) is 15.1 Å². The van der Waals surface area contributed by atoms with E-state index in [4.69, 9.17) is 11.7 Å². The number of nitrogens with zero attached hydrogens (tertiary/aromatic N) is 3. The number of rotatable bonds is 5. The smallest absolute Gasteiger partial charge is 0.261 e.